The molecule has 2 aromatic heterocycles. The van der Waals surface area contributed by atoms with E-state index in [1.54, 1.807) is 19.2 Å². The van der Waals surface area contributed by atoms with Gasteiger partial charge in [-0.2, -0.15) is 8.42 Å². The summed E-state index contributed by atoms with van der Waals surface area (Å²) in [6.45, 7) is 0.431. The minimum Gasteiger partial charge on any atom is -0.504 e. The average Bonchev–Trinajstić information content (AvgIpc) is 3.32. The molecule has 3 heterocycles. The first kappa shape index (κ1) is 27.3. The Kier molecular flexibility index (Phi) is 6.43. The van der Waals surface area contributed by atoms with Gasteiger partial charge in [-0.1, -0.05) is 6.07 Å². The van der Waals surface area contributed by atoms with Crippen LogP contribution in [0.3, 0.4) is 0 Å². The molecular formula is C29H25NO11S. The van der Waals surface area contributed by atoms with E-state index in [0.717, 1.165) is 11.1 Å². The summed E-state index contributed by atoms with van der Waals surface area (Å²) in [6, 6.07) is 11.3. The highest BCUT2D eigenvalue weighted by Crippen LogP contribution is 2.50. The van der Waals surface area contributed by atoms with Crippen LogP contribution in [0.1, 0.15) is 5.56 Å². The molecule has 0 spiro atoms. The van der Waals surface area contributed by atoms with Crippen LogP contribution in [0, 0.1) is 0 Å². The van der Waals surface area contributed by atoms with Gasteiger partial charge >= 0.3 is 16.0 Å². The van der Waals surface area contributed by atoms with Crippen molar-refractivity contribution in [2.24, 2.45) is 0 Å². The zero-order chi connectivity index (χ0) is 29.9. The largest absolute Gasteiger partial charge is 0.504 e. The van der Waals surface area contributed by atoms with Gasteiger partial charge in [0.05, 0.1) is 34.1 Å². The molecule has 0 amide bonds. The molecule has 0 bridgehead atoms. The average molecular weight is 596 g/mol. The summed E-state index contributed by atoms with van der Waals surface area (Å²) in [4.78, 5) is 13.6. The number of aryl methyl sites for hydroxylation is 2. The topological polar surface area (TPSA) is 156 Å². The highest BCUT2D eigenvalue weighted by molar-refractivity contribution is 7.81. The van der Waals surface area contributed by atoms with Crippen molar-refractivity contribution < 1.29 is 45.6 Å². The lowest BCUT2D eigenvalue weighted by atomic mass is 9.91. The molecule has 1 aliphatic rings. The maximum absolute atomic E-state index is 13.6. The van der Waals surface area contributed by atoms with E-state index in [1.807, 2.05) is 16.7 Å². The third-order valence-corrected chi connectivity index (χ3v) is 7.72. The SMILES string of the molecule is COc1cc(-c2c3n(c4c(=O)oc5cc(OS(=O)(=O)O)c(OC)cc5c24)CCc2cc(OC)c(OC)cc2-3)ccc1O. The van der Waals surface area contributed by atoms with E-state index in [-0.39, 0.29) is 34.1 Å². The number of aromatic hydroxyl groups is 1. The summed E-state index contributed by atoms with van der Waals surface area (Å²) in [5, 5.41) is 11.3. The van der Waals surface area contributed by atoms with E-state index in [4.69, 9.17) is 23.4 Å². The number of phenols is 1. The van der Waals surface area contributed by atoms with Gasteiger partial charge in [-0.05, 0) is 47.9 Å². The van der Waals surface area contributed by atoms with Crippen LogP contribution in [-0.2, 0) is 23.4 Å². The van der Waals surface area contributed by atoms with Gasteiger partial charge in [-0.25, -0.2) is 4.79 Å². The Morgan fingerprint density at radius 3 is 2.19 bits per heavy atom. The quantitative estimate of drug-likeness (QED) is 0.201. The third kappa shape index (κ3) is 4.25. The molecule has 3 aromatic carbocycles. The highest BCUT2D eigenvalue weighted by Gasteiger charge is 2.31. The van der Waals surface area contributed by atoms with E-state index < -0.39 is 16.0 Å². The molecule has 42 heavy (non-hydrogen) atoms. The van der Waals surface area contributed by atoms with E-state index in [1.165, 1.54) is 39.5 Å². The number of methoxy groups -OCH3 is 4. The Bertz CT molecular complexity index is 2080. The molecule has 0 unspecified atom stereocenters. The summed E-state index contributed by atoms with van der Waals surface area (Å²) in [5.41, 5.74) is 3.28. The van der Waals surface area contributed by atoms with Crippen molar-refractivity contribution in [1.82, 2.24) is 4.57 Å². The smallest absolute Gasteiger partial charge is 0.446 e. The van der Waals surface area contributed by atoms with Crippen molar-refractivity contribution in [3.63, 3.8) is 0 Å². The van der Waals surface area contributed by atoms with Gasteiger partial charge in [0.15, 0.2) is 34.5 Å². The maximum atomic E-state index is 13.6. The molecule has 0 radical (unpaired) electrons. The zero-order valence-corrected chi connectivity index (χ0v) is 23.7. The van der Waals surface area contributed by atoms with E-state index in [2.05, 4.69) is 4.18 Å². The van der Waals surface area contributed by atoms with Crippen LogP contribution < -0.4 is 28.8 Å². The van der Waals surface area contributed by atoms with Crippen LogP contribution in [0.25, 0.3) is 44.3 Å². The molecule has 0 saturated carbocycles. The number of aromatic nitrogens is 1. The molecule has 0 fully saturated rings. The third-order valence-electron chi connectivity index (χ3n) is 7.33. The molecule has 5 aromatic rings. The fraction of sp³-hybridized carbons (Fsp3) is 0.207. The fourth-order valence-corrected chi connectivity index (χ4v) is 5.96. The van der Waals surface area contributed by atoms with Crippen LogP contribution in [0.4, 0.5) is 0 Å². The summed E-state index contributed by atoms with van der Waals surface area (Å²) in [6.07, 6.45) is 0.576. The fourth-order valence-electron chi connectivity index (χ4n) is 5.60. The normalized spacial score (nSPS) is 12.6. The second kappa shape index (κ2) is 9.89. The molecule has 0 atom stereocenters. The van der Waals surface area contributed by atoms with Gasteiger partial charge in [0, 0.05) is 34.5 Å². The number of hydrogen-bond donors (Lipinski definition) is 2. The van der Waals surface area contributed by atoms with Crippen LogP contribution >= 0.6 is 0 Å². The van der Waals surface area contributed by atoms with Crippen molar-refractivity contribution in [3.8, 4) is 56.9 Å². The number of phenolic OH excluding ortho intramolecular Hbond substituents is 1. The molecule has 0 saturated heterocycles. The standard InChI is InChI=1S/C29H25NO11S/c1-36-20-10-15(5-6-18(20)31)25-26-17-12-23(39-4)24(41-42(33,34)35)13-19(17)40-29(32)28(26)30-8-7-14-9-21(37-2)22(38-3)11-16(14)27(25)30/h5-6,9-13,31H,7-8H2,1-4H3,(H,33,34,35). The molecule has 13 heteroatoms. The minimum absolute atomic E-state index is 0.00516. The van der Waals surface area contributed by atoms with Gasteiger partial charge in [0.1, 0.15) is 11.1 Å². The molecular weight excluding hydrogens is 570 g/mol. The maximum Gasteiger partial charge on any atom is 0.446 e. The monoisotopic (exact) mass is 595 g/mol. The lowest BCUT2D eigenvalue weighted by Crippen LogP contribution is -2.15. The molecule has 218 valence electrons. The zero-order valence-electron chi connectivity index (χ0n) is 22.9. The predicted octanol–water partition coefficient (Wildman–Crippen LogP) is 4.56. The summed E-state index contributed by atoms with van der Waals surface area (Å²) in [7, 11) is 0.931. The Morgan fingerprint density at radius 2 is 1.52 bits per heavy atom. The van der Waals surface area contributed by atoms with Crippen LogP contribution in [0.2, 0.25) is 0 Å². The van der Waals surface area contributed by atoms with E-state index in [9.17, 15) is 22.9 Å². The Hall–Kier alpha value is -4.88. The second-order valence-corrected chi connectivity index (χ2v) is 10.5. The van der Waals surface area contributed by atoms with Gasteiger partial charge in [-0.3, -0.25) is 4.55 Å². The lowest BCUT2D eigenvalue weighted by Gasteiger charge is -2.23. The first-order chi connectivity index (χ1) is 20.1. The van der Waals surface area contributed by atoms with Crippen molar-refractivity contribution in [2.75, 3.05) is 28.4 Å². The predicted molar refractivity (Wildman–Crippen MR) is 153 cm³/mol. The van der Waals surface area contributed by atoms with E-state index >= 15 is 0 Å². The minimum atomic E-state index is -4.91. The van der Waals surface area contributed by atoms with E-state index in [0.29, 0.717) is 52.1 Å². The summed E-state index contributed by atoms with van der Waals surface area (Å²) in [5.74, 6) is 0.820. The van der Waals surface area contributed by atoms with Crippen molar-refractivity contribution >= 4 is 32.3 Å². The molecule has 12 nitrogen and oxygen atoms in total. The Balaban J connectivity index is 1.81. The van der Waals surface area contributed by atoms with Gasteiger partial charge < -0.3 is 37.2 Å². The van der Waals surface area contributed by atoms with Gasteiger partial charge in [0.25, 0.3) is 0 Å². The van der Waals surface area contributed by atoms with Gasteiger partial charge in [-0.15, -0.1) is 0 Å². The number of hydrogen-bond acceptors (Lipinski definition) is 10. The van der Waals surface area contributed by atoms with Crippen molar-refractivity contribution in [2.45, 2.75) is 13.0 Å². The summed E-state index contributed by atoms with van der Waals surface area (Å²) < 4.78 is 66.4. The van der Waals surface area contributed by atoms with Crippen molar-refractivity contribution in [1.29, 1.82) is 0 Å². The molecule has 1 aliphatic heterocycles. The van der Waals surface area contributed by atoms with Crippen LogP contribution in [0.15, 0.2) is 51.7 Å². The van der Waals surface area contributed by atoms with Crippen molar-refractivity contribution in [3.05, 3.63) is 58.4 Å². The summed E-state index contributed by atoms with van der Waals surface area (Å²) >= 11 is 0. The number of benzene rings is 3. The van der Waals surface area contributed by atoms with Gasteiger partial charge in [0.2, 0.25) is 0 Å². The Labute approximate surface area is 239 Å². The number of fused-ring (bicyclic) bond motifs is 7. The first-order valence-corrected chi connectivity index (χ1v) is 14.0. The van der Waals surface area contributed by atoms with Crippen LogP contribution in [-0.4, -0.2) is 51.1 Å². The Morgan fingerprint density at radius 1 is 0.857 bits per heavy atom. The second-order valence-electron chi connectivity index (χ2n) is 9.50. The highest BCUT2D eigenvalue weighted by atomic mass is 32.3. The molecule has 6 rings (SSSR count). The lowest BCUT2D eigenvalue weighted by molar-refractivity contribution is 0.354. The number of nitrogens with zero attached hydrogens (tertiary/aromatic N) is 1. The van der Waals surface area contributed by atoms with Crippen LogP contribution in [0.5, 0.6) is 34.5 Å². The number of ether oxygens (including phenoxy) is 4. The number of rotatable bonds is 7. The molecule has 0 aliphatic carbocycles. The first-order valence-electron chi connectivity index (χ1n) is 12.6. The molecule has 2 N–H and O–H groups in total.